The maximum Gasteiger partial charge on any atom is 0.302 e. The highest BCUT2D eigenvalue weighted by atomic mass is 127. The third kappa shape index (κ3) is 5.10. The van der Waals surface area contributed by atoms with Gasteiger partial charge in [-0.05, 0) is 78.3 Å². The van der Waals surface area contributed by atoms with Gasteiger partial charge in [0.15, 0.2) is 11.5 Å². The molecule has 2 unspecified atom stereocenters. The standard InChI is InChI=1S/C31H30IN5O2P/c1-22(38)39-24-13-11-12-23(20-24)37-31-28(29(32)35-37)30(33-21-34-31)36-40(25-14-5-2-6-15-25,26-16-7-3-8-17-26)27-18-9-4-10-19-27/h2-10,14-19,21,23-24H,11-13,20H2,1H3,(H,33,34,36)/q+1. The highest BCUT2D eigenvalue weighted by Gasteiger charge is 2.47. The van der Waals surface area contributed by atoms with Crippen molar-refractivity contribution < 1.29 is 9.53 Å². The van der Waals surface area contributed by atoms with Gasteiger partial charge in [-0.3, -0.25) is 4.79 Å². The van der Waals surface area contributed by atoms with E-state index in [1.165, 1.54) is 22.8 Å². The maximum atomic E-state index is 11.6. The van der Waals surface area contributed by atoms with Crippen molar-refractivity contribution in [2.45, 2.75) is 44.8 Å². The van der Waals surface area contributed by atoms with Crippen LogP contribution in [0.3, 0.4) is 0 Å². The molecular weight excluding hydrogens is 632 g/mol. The van der Waals surface area contributed by atoms with Crippen LogP contribution in [0.2, 0.25) is 0 Å². The molecule has 0 radical (unpaired) electrons. The molecule has 1 aliphatic carbocycles. The topological polar surface area (TPSA) is 81.9 Å². The molecule has 0 amide bonds. The Balaban J connectivity index is 1.50. The Morgan fingerprint density at radius 1 is 0.900 bits per heavy atom. The van der Waals surface area contributed by atoms with Gasteiger partial charge in [0.05, 0.1) is 11.4 Å². The number of ether oxygens (including phenoxy) is 1. The van der Waals surface area contributed by atoms with Crippen molar-refractivity contribution >= 4 is 68.7 Å². The quantitative estimate of drug-likeness (QED) is 0.135. The number of carbonyl (C=O) groups excluding carboxylic acids is 1. The molecule has 0 spiro atoms. The number of nitrogens with one attached hydrogen (secondary N) is 1. The van der Waals surface area contributed by atoms with Gasteiger partial charge in [0.25, 0.3) is 0 Å². The van der Waals surface area contributed by atoms with Crippen molar-refractivity contribution in [1.82, 2.24) is 19.7 Å². The number of halogens is 1. The van der Waals surface area contributed by atoms with E-state index in [2.05, 4.69) is 119 Å². The number of rotatable bonds is 7. The summed E-state index contributed by atoms with van der Waals surface area (Å²) in [6.07, 6.45) is 5.08. The fourth-order valence-electron chi connectivity index (χ4n) is 5.71. The van der Waals surface area contributed by atoms with Crippen molar-refractivity contribution in [2.75, 3.05) is 5.09 Å². The van der Waals surface area contributed by atoms with Gasteiger partial charge in [-0.2, -0.15) is 5.10 Å². The van der Waals surface area contributed by atoms with E-state index in [1.807, 2.05) is 4.68 Å². The lowest BCUT2D eigenvalue weighted by atomic mass is 9.93. The average molecular weight is 662 g/mol. The minimum Gasteiger partial charge on any atom is -0.462 e. The molecular formula is C31H30IN5O2P+. The molecule has 3 aromatic carbocycles. The molecule has 0 bridgehead atoms. The van der Waals surface area contributed by atoms with Crippen molar-refractivity contribution in [3.8, 4) is 0 Å². The summed E-state index contributed by atoms with van der Waals surface area (Å²) in [6, 6.07) is 32.0. The monoisotopic (exact) mass is 662 g/mol. The van der Waals surface area contributed by atoms with E-state index in [0.29, 0.717) is 0 Å². The van der Waals surface area contributed by atoms with Crippen LogP contribution in [-0.2, 0) is 9.53 Å². The van der Waals surface area contributed by atoms with E-state index < -0.39 is 7.41 Å². The van der Waals surface area contributed by atoms with Gasteiger partial charge in [0.1, 0.15) is 32.0 Å². The van der Waals surface area contributed by atoms with Crippen molar-refractivity contribution in [2.24, 2.45) is 0 Å². The first-order valence-electron chi connectivity index (χ1n) is 13.5. The average Bonchev–Trinajstić information content (AvgIpc) is 3.34. The number of aromatic nitrogens is 4. The summed E-state index contributed by atoms with van der Waals surface area (Å²) >= 11 is 2.30. The summed E-state index contributed by atoms with van der Waals surface area (Å²) in [7, 11) is -2.39. The molecule has 202 valence electrons. The number of fused-ring (bicyclic) bond motifs is 1. The van der Waals surface area contributed by atoms with Crippen LogP contribution in [0.15, 0.2) is 97.3 Å². The van der Waals surface area contributed by atoms with Crippen LogP contribution < -0.4 is 21.0 Å². The lowest BCUT2D eigenvalue weighted by molar-refractivity contribution is -0.148. The zero-order valence-electron chi connectivity index (χ0n) is 22.2. The molecule has 2 aromatic heterocycles. The van der Waals surface area contributed by atoms with E-state index in [9.17, 15) is 4.79 Å². The van der Waals surface area contributed by atoms with E-state index in [0.717, 1.165) is 46.2 Å². The van der Waals surface area contributed by atoms with Crippen molar-refractivity contribution in [3.63, 3.8) is 0 Å². The Morgan fingerprint density at radius 2 is 1.48 bits per heavy atom. The normalized spacial score (nSPS) is 17.4. The molecule has 7 nitrogen and oxygen atoms in total. The van der Waals surface area contributed by atoms with Crippen molar-refractivity contribution in [3.05, 3.63) is 101 Å². The lowest BCUT2D eigenvalue weighted by Gasteiger charge is -2.29. The van der Waals surface area contributed by atoms with Crippen LogP contribution >= 0.6 is 30.0 Å². The molecule has 1 N–H and O–H groups in total. The van der Waals surface area contributed by atoms with Gasteiger partial charge < -0.3 is 4.74 Å². The Kier molecular flexibility index (Phi) is 7.80. The molecule has 0 saturated heterocycles. The van der Waals surface area contributed by atoms with Gasteiger partial charge >= 0.3 is 5.97 Å². The molecule has 0 aliphatic heterocycles. The summed E-state index contributed by atoms with van der Waals surface area (Å²) < 4.78 is 8.44. The first kappa shape index (κ1) is 26.8. The fraction of sp³-hybridized carbons (Fsp3) is 0.226. The van der Waals surface area contributed by atoms with E-state index in [1.54, 1.807) is 6.33 Å². The SMILES string of the molecule is CC(=O)OC1CCCC(n2nc(I)c3c(N[P+](c4ccccc4)(c4ccccc4)c4ccccc4)ncnc32)C1. The molecule has 5 aromatic rings. The second-order valence-electron chi connectivity index (χ2n) is 10.00. The van der Waals surface area contributed by atoms with Gasteiger partial charge in [-0.15, -0.1) is 0 Å². The van der Waals surface area contributed by atoms with Crippen LogP contribution in [0.1, 0.15) is 38.6 Å². The number of esters is 1. The van der Waals surface area contributed by atoms with E-state index in [4.69, 9.17) is 19.8 Å². The van der Waals surface area contributed by atoms with Crippen molar-refractivity contribution in [1.29, 1.82) is 0 Å². The highest BCUT2D eigenvalue weighted by molar-refractivity contribution is 14.1. The smallest absolute Gasteiger partial charge is 0.302 e. The Morgan fingerprint density at radius 3 is 2.02 bits per heavy atom. The summed E-state index contributed by atoms with van der Waals surface area (Å²) in [6.45, 7) is 1.47. The summed E-state index contributed by atoms with van der Waals surface area (Å²) in [5.41, 5.74) is 0.794. The van der Waals surface area contributed by atoms with E-state index in [-0.39, 0.29) is 18.1 Å². The number of benzene rings is 3. The molecule has 9 heteroatoms. The number of nitrogens with zero attached hydrogens (tertiary/aromatic N) is 4. The molecule has 1 fully saturated rings. The number of hydrogen-bond donors (Lipinski definition) is 1. The first-order chi connectivity index (χ1) is 19.6. The Labute approximate surface area is 247 Å². The van der Waals surface area contributed by atoms with Gasteiger partial charge in [-0.25, -0.2) is 19.7 Å². The minimum atomic E-state index is -2.39. The van der Waals surface area contributed by atoms with E-state index >= 15 is 0 Å². The second-order valence-corrected chi connectivity index (χ2v) is 14.1. The molecule has 6 rings (SSSR count). The predicted molar refractivity (Wildman–Crippen MR) is 170 cm³/mol. The fourth-order valence-corrected chi connectivity index (χ4v) is 10.1. The molecule has 2 heterocycles. The van der Waals surface area contributed by atoms with Gasteiger partial charge in [-0.1, -0.05) is 54.6 Å². The number of hydrogen-bond acceptors (Lipinski definition) is 6. The summed E-state index contributed by atoms with van der Waals surface area (Å²) in [5.74, 6) is 0.528. The maximum absolute atomic E-state index is 11.6. The zero-order chi connectivity index (χ0) is 27.5. The molecule has 1 saturated carbocycles. The molecule has 1 aliphatic rings. The first-order valence-corrected chi connectivity index (χ1v) is 16.3. The van der Waals surface area contributed by atoms with Gasteiger partial charge in [0, 0.05) is 13.3 Å². The molecule has 40 heavy (non-hydrogen) atoms. The van der Waals surface area contributed by atoms with Crippen LogP contribution in [0.25, 0.3) is 11.0 Å². The largest absolute Gasteiger partial charge is 0.462 e. The Hall–Kier alpha value is -3.36. The highest BCUT2D eigenvalue weighted by Crippen LogP contribution is 2.55. The van der Waals surface area contributed by atoms with Crippen LogP contribution in [-0.4, -0.2) is 31.8 Å². The van der Waals surface area contributed by atoms with Gasteiger partial charge in [0.2, 0.25) is 7.41 Å². The van der Waals surface area contributed by atoms with Crippen LogP contribution in [0.5, 0.6) is 0 Å². The third-order valence-electron chi connectivity index (χ3n) is 7.43. The number of carbonyl (C=O) groups is 1. The zero-order valence-corrected chi connectivity index (χ0v) is 25.2. The van der Waals surface area contributed by atoms with Crippen LogP contribution in [0, 0.1) is 3.70 Å². The number of anilines is 1. The summed E-state index contributed by atoms with van der Waals surface area (Å²) in [4.78, 5) is 21.2. The molecule has 2 atom stereocenters. The Bertz CT molecular complexity index is 1520. The summed E-state index contributed by atoms with van der Waals surface area (Å²) in [5, 5.41) is 13.5. The third-order valence-corrected chi connectivity index (χ3v) is 11.9. The second kappa shape index (κ2) is 11.6. The predicted octanol–water partition coefficient (Wildman–Crippen LogP) is 5.80. The minimum absolute atomic E-state index is 0.0968. The van der Waals surface area contributed by atoms with Crippen LogP contribution in [0.4, 0.5) is 5.82 Å². The lowest BCUT2D eigenvalue weighted by Crippen LogP contribution is -2.36.